The highest BCUT2D eigenvalue weighted by atomic mass is 35.5. The zero-order valence-corrected chi connectivity index (χ0v) is 19.0. The van der Waals surface area contributed by atoms with Crippen LogP contribution in [0.3, 0.4) is 0 Å². The van der Waals surface area contributed by atoms with Gasteiger partial charge in [0.25, 0.3) is 11.6 Å². The van der Waals surface area contributed by atoms with Crippen LogP contribution in [-0.2, 0) is 4.79 Å². The number of amides is 1. The molecular weight excluding hydrogens is 462 g/mol. The van der Waals surface area contributed by atoms with Gasteiger partial charge in [0.15, 0.2) is 6.61 Å². The molecule has 0 aliphatic heterocycles. The molecule has 0 fully saturated rings. The molecule has 10 heteroatoms. The maximum atomic E-state index is 12.2. The van der Waals surface area contributed by atoms with Crippen molar-refractivity contribution in [3.8, 4) is 11.5 Å². The fourth-order valence-electron chi connectivity index (χ4n) is 2.86. The van der Waals surface area contributed by atoms with E-state index in [4.69, 9.17) is 21.1 Å². The molecule has 0 radical (unpaired) electrons. The predicted octanol–water partition coefficient (Wildman–Crippen LogP) is 4.61. The third-order valence-corrected chi connectivity index (χ3v) is 5.18. The van der Waals surface area contributed by atoms with Crippen LogP contribution in [0.5, 0.6) is 11.5 Å². The average Bonchev–Trinajstić information content (AvgIpc) is 2.82. The molecule has 0 aliphatic carbocycles. The number of carbonyl (C=O) groups excluding carboxylic acids is 2. The van der Waals surface area contributed by atoms with Gasteiger partial charge in [-0.3, -0.25) is 14.9 Å². The number of rotatable bonds is 8. The number of esters is 1. The Bertz CT molecular complexity index is 1220. The number of nitrogens with one attached hydrogen (secondary N) is 1. The molecular formula is C24H20ClN3O6. The summed E-state index contributed by atoms with van der Waals surface area (Å²) in [5, 5.41) is 15.2. The van der Waals surface area contributed by atoms with Gasteiger partial charge < -0.3 is 9.47 Å². The number of non-ortho nitro benzene ring substituents is 1. The Kier molecular flexibility index (Phi) is 7.94. The highest BCUT2D eigenvalue weighted by Crippen LogP contribution is 2.25. The maximum absolute atomic E-state index is 12.2. The molecule has 3 rings (SSSR count). The molecule has 1 N–H and O–H groups in total. The van der Waals surface area contributed by atoms with Gasteiger partial charge in [0, 0.05) is 17.2 Å². The van der Waals surface area contributed by atoms with Crippen LogP contribution < -0.4 is 14.9 Å². The number of nitrogens with zero attached hydrogens (tertiary/aromatic N) is 2. The summed E-state index contributed by atoms with van der Waals surface area (Å²) in [6.45, 7) is 3.50. The Labute approximate surface area is 200 Å². The number of nitro groups is 1. The van der Waals surface area contributed by atoms with Gasteiger partial charge in [0.2, 0.25) is 0 Å². The fraction of sp³-hybridized carbons (Fsp3) is 0.125. The van der Waals surface area contributed by atoms with E-state index in [-0.39, 0.29) is 23.6 Å². The van der Waals surface area contributed by atoms with Crippen molar-refractivity contribution < 1.29 is 24.0 Å². The lowest BCUT2D eigenvalue weighted by Gasteiger charge is -2.09. The van der Waals surface area contributed by atoms with Crippen LogP contribution in [0.2, 0.25) is 5.02 Å². The summed E-state index contributed by atoms with van der Waals surface area (Å²) < 4.78 is 10.7. The second kappa shape index (κ2) is 11.1. The summed E-state index contributed by atoms with van der Waals surface area (Å²) in [6, 6.07) is 15.0. The molecule has 0 saturated heterocycles. The largest absolute Gasteiger partial charge is 0.484 e. The third kappa shape index (κ3) is 6.63. The lowest BCUT2D eigenvalue weighted by atomic mass is 10.1. The first-order chi connectivity index (χ1) is 16.2. The van der Waals surface area contributed by atoms with Crippen molar-refractivity contribution in [3.63, 3.8) is 0 Å². The van der Waals surface area contributed by atoms with Crippen LogP contribution in [0, 0.1) is 24.0 Å². The molecule has 9 nitrogen and oxygen atoms in total. The second-order valence-electron chi connectivity index (χ2n) is 7.22. The van der Waals surface area contributed by atoms with Crippen molar-refractivity contribution in [1.29, 1.82) is 0 Å². The van der Waals surface area contributed by atoms with Gasteiger partial charge in [-0.2, -0.15) is 5.10 Å². The molecule has 0 bridgehead atoms. The molecule has 0 atom stereocenters. The molecule has 0 unspecified atom stereocenters. The molecule has 0 aliphatic rings. The molecule has 34 heavy (non-hydrogen) atoms. The van der Waals surface area contributed by atoms with E-state index >= 15 is 0 Å². The van der Waals surface area contributed by atoms with Crippen LogP contribution in [0.1, 0.15) is 27.0 Å². The first-order valence-corrected chi connectivity index (χ1v) is 10.4. The molecule has 0 spiro atoms. The van der Waals surface area contributed by atoms with Crippen molar-refractivity contribution in [1.82, 2.24) is 5.43 Å². The zero-order valence-electron chi connectivity index (χ0n) is 18.3. The number of hydrogen-bond acceptors (Lipinski definition) is 7. The maximum Gasteiger partial charge on any atom is 0.343 e. The van der Waals surface area contributed by atoms with Gasteiger partial charge in [-0.25, -0.2) is 10.2 Å². The van der Waals surface area contributed by atoms with E-state index in [1.807, 2.05) is 13.8 Å². The van der Waals surface area contributed by atoms with E-state index in [2.05, 4.69) is 10.5 Å². The van der Waals surface area contributed by atoms with Crippen molar-refractivity contribution in [2.24, 2.45) is 5.10 Å². The monoisotopic (exact) mass is 481 g/mol. The minimum absolute atomic E-state index is 0.117. The minimum atomic E-state index is -0.644. The normalized spacial score (nSPS) is 10.7. The summed E-state index contributed by atoms with van der Waals surface area (Å²) in [7, 11) is 0. The average molecular weight is 482 g/mol. The second-order valence-corrected chi connectivity index (χ2v) is 7.59. The van der Waals surface area contributed by atoms with Gasteiger partial charge in [0.1, 0.15) is 11.5 Å². The van der Waals surface area contributed by atoms with Crippen molar-refractivity contribution in [2.45, 2.75) is 13.8 Å². The van der Waals surface area contributed by atoms with Gasteiger partial charge in [0.05, 0.1) is 16.7 Å². The van der Waals surface area contributed by atoms with E-state index in [1.165, 1.54) is 30.5 Å². The fourth-order valence-corrected chi connectivity index (χ4v) is 2.97. The number of ether oxygens (including phenoxy) is 2. The standard InChI is InChI=1S/C24H20ClN3O6/c1-15-11-21(12-16(2)23(15)25)33-14-22(29)27-26-13-17-3-9-20(10-4-17)34-24(30)18-5-7-19(8-6-18)28(31)32/h3-13H,14H2,1-2H3,(H,27,29)/b26-13-. The summed E-state index contributed by atoms with van der Waals surface area (Å²) in [4.78, 5) is 34.2. The predicted molar refractivity (Wildman–Crippen MR) is 127 cm³/mol. The Morgan fingerprint density at radius 2 is 1.65 bits per heavy atom. The first-order valence-electron chi connectivity index (χ1n) is 10.0. The van der Waals surface area contributed by atoms with E-state index in [0.29, 0.717) is 16.3 Å². The van der Waals surface area contributed by atoms with Crippen molar-refractivity contribution in [3.05, 3.63) is 98.1 Å². The van der Waals surface area contributed by atoms with Crippen molar-refractivity contribution in [2.75, 3.05) is 6.61 Å². The van der Waals surface area contributed by atoms with E-state index in [1.54, 1.807) is 36.4 Å². The molecule has 3 aromatic carbocycles. The van der Waals surface area contributed by atoms with Crippen LogP contribution in [-0.4, -0.2) is 29.6 Å². The Morgan fingerprint density at radius 3 is 2.24 bits per heavy atom. The Hall–Kier alpha value is -4.24. The molecule has 0 heterocycles. The number of nitro benzene ring substituents is 1. The van der Waals surface area contributed by atoms with Gasteiger partial charge in [-0.1, -0.05) is 11.6 Å². The topological polar surface area (TPSA) is 120 Å². The number of hydrazone groups is 1. The van der Waals surface area contributed by atoms with Crippen molar-refractivity contribution >= 4 is 35.4 Å². The van der Waals surface area contributed by atoms with Crippen LogP contribution in [0.15, 0.2) is 65.8 Å². The van der Waals surface area contributed by atoms with E-state index in [9.17, 15) is 19.7 Å². The number of hydrogen-bond donors (Lipinski definition) is 1. The molecule has 3 aromatic rings. The van der Waals surface area contributed by atoms with Crippen LogP contribution in [0.25, 0.3) is 0 Å². The summed E-state index contributed by atoms with van der Waals surface area (Å²) in [5.41, 5.74) is 4.81. The van der Waals surface area contributed by atoms with E-state index in [0.717, 1.165) is 11.1 Å². The number of aryl methyl sites for hydroxylation is 2. The quantitative estimate of drug-likeness (QED) is 0.165. The number of halogens is 1. The Morgan fingerprint density at radius 1 is 1.03 bits per heavy atom. The van der Waals surface area contributed by atoms with Gasteiger partial charge in [-0.15, -0.1) is 0 Å². The highest BCUT2D eigenvalue weighted by molar-refractivity contribution is 6.32. The molecule has 0 aromatic heterocycles. The number of benzene rings is 3. The smallest absolute Gasteiger partial charge is 0.343 e. The Balaban J connectivity index is 1.48. The highest BCUT2D eigenvalue weighted by Gasteiger charge is 2.11. The number of carbonyl (C=O) groups is 2. The summed E-state index contributed by atoms with van der Waals surface area (Å²) in [5.74, 6) is -0.256. The molecule has 1 amide bonds. The summed E-state index contributed by atoms with van der Waals surface area (Å²) >= 11 is 6.12. The van der Waals surface area contributed by atoms with E-state index < -0.39 is 16.8 Å². The molecule has 0 saturated carbocycles. The lowest BCUT2D eigenvalue weighted by Crippen LogP contribution is -2.24. The summed E-state index contributed by atoms with van der Waals surface area (Å²) in [6.07, 6.45) is 1.43. The van der Waals surface area contributed by atoms with Gasteiger partial charge in [-0.05, 0) is 79.1 Å². The third-order valence-electron chi connectivity index (χ3n) is 4.59. The lowest BCUT2D eigenvalue weighted by molar-refractivity contribution is -0.384. The van der Waals surface area contributed by atoms with Crippen LogP contribution in [0.4, 0.5) is 5.69 Å². The van der Waals surface area contributed by atoms with Gasteiger partial charge >= 0.3 is 5.97 Å². The van der Waals surface area contributed by atoms with Crippen LogP contribution >= 0.6 is 11.6 Å². The molecule has 174 valence electrons. The first kappa shape index (κ1) is 24.4. The minimum Gasteiger partial charge on any atom is -0.484 e. The SMILES string of the molecule is Cc1cc(OCC(=O)N/N=C\c2ccc(OC(=O)c3ccc([N+](=O)[O-])cc3)cc2)cc(C)c1Cl. The zero-order chi connectivity index (χ0) is 24.7.